The normalized spacial score (nSPS) is 15.5. The van der Waals surface area contributed by atoms with Crippen molar-refractivity contribution in [1.82, 2.24) is 10.2 Å². The number of para-hydroxylation sites is 1. The van der Waals surface area contributed by atoms with Gasteiger partial charge in [0, 0.05) is 31.2 Å². The molecule has 2 N–H and O–H groups in total. The fraction of sp³-hybridized carbons (Fsp3) is 0.400. The molecule has 0 aliphatic carbocycles. The van der Waals surface area contributed by atoms with Crippen molar-refractivity contribution in [2.45, 2.75) is 31.7 Å². The third-order valence-electron chi connectivity index (χ3n) is 4.60. The predicted octanol–water partition coefficient (Wildman–Crippen LogP) is 2.90. The van der Waals surface area contributed by atoms with E-state index < -0.39 is 0 Å². The summed E-state index contributed by atoms with van der Waals surface area (Å²) in [7, 11) is 0. The van der Waals surface area contributed by atoms with E-state index in [9.17, 15) is 9.59 Å². The van der Waals surface area contributed by atoms with Crippen molar-refractivity contribution in [1.29, 1.82) is 0 Å². The van der Waals surface area contributed by atoms with Crippen LogP contribution in [0.1, 0.15) is 24.8 Å². The first kappa shape index (κ1) is 18.6. The molecule has 26 heavy (non-hydrogen) atoms. The summed E-state index contributed by atoms with van der Waals surface area (Å²) in [6, 6.07) is 11.8. The molecule has 0 saturated carbocycles. The third kappa shape index (κ3) is 5.97. The molecule has 3 rings (SSSR count). The van der Waals surface area contributed by atoms with Crippen LogP contribution in [0.2, 0.25) is 0 Å². The smallest absolute Gasteiger partial charge is 0.238 e. The summed E-state index contributed by atoms with van der Waals surface area (Å²) in [5.41, 5.74) is 2.05. The summed E-state index contributed by atoms with van der Waals surface area (Å²) in [4.78, 5) is 26.3. The Morgan fingerprint density at radius 2 is 1.85 bits per heavy atom. The van der Waals surface area contributed by atoms with Crippen LogP contribution in [0.25, 0.3) is 0 Å². The molecule has 1 aromatic heterocycles. The van der Waals surface area contributed by atoms with Gasteiger partial charge >= 0.3 is 0 Å². The maximum atomic E-state index is 12.1. The second-order valence-corrected chi connectivity index (χ2v) is 7.44. The maximum Gasteiger partial charge on any atom is 0.238 e. The number of carbonyl (C=O) groups is 2. The molecule has 138 valence electrons. The summed E-state index contributed by atoms with van der Waals surface area (Å²) in [6.45, 7) is 2.06. The second-order valence-electron chi connectivity index (χ2n) is 6.66. The summed E-state index contributed by atoms with van der Waals surface area (Å²) in [5.74, 6) is 0.130. The van der Waals surface area contributed by atoms with E-state index in [0.29, 0.717) is 13.0 Å². The molecule has 1 aromatic carbocycles. The number of rotatable bonds is 7. The van der Waals surface area contributed by atoms with Gasteiger partial charge in [0.25, 0.3) is 0 Å². The molecule has 1 aliphatic rings. The lowest BCUT2D eigenvalue weighted by Gasteiger charge is -2.31. The lowest BCUT2D eigenvalue weighted by molar-refractivity contribution is -0.122. The first-order chi connectivity index (χ1) is 12.7. The van der Waals surface area contributed by atoms with Gasteiger partial charge in [-0.3, -0.25) is 14.5 Å². The fourth-order valence-electron chi connectivity index (χ4n) is 3.15. The summed E-state index contributed by atoms with van der Waals surface area (Å²) >= 11 is 1.66. The van der Waals surface area contributed by atoms with Gasteiger partial charge in [-0.25, -0.2) is 0 Å². The van der Waals surface area contributed by atoms with E-state index in [1.165, 1.54) is 5.56 Å². The van der Waals surface area contributed by atoms with Crippen LogP contribution < -0.4 is 10.6 Å². The van der Waals surface area contributed by atoms with Gasteiger partial charge in [0.1, 0.15) is 0 Å². The number of aryl methyl sites for hydroxylation is 1. The Bertz CT molecular complexity index is 695. The standard InChI is InChI=1S/C20H25N3O2S/c24-19(7-6-16-10-13-26-15-16)21-18-8-11-23(12-9-18)14-20(25)22-17-4-2-1-3-5-17/h1-5,10,13,15,18H,6-9,11-12,14H2,(H,21,24)(H,22,25). The van der Waals surface area contributed by atoms with E-state index >= 15 is 0 Å². The summed E-state index contributed by atoms with van der Waals surface area (Å²) in [6.07, 6.45) is 3.12. The van der Waals surface area contributed by atoms with Crippen LogP contribution in [-0.4, -0.2) is 42.4 Å². The van der Waals surface area contributed by atoms with Crippen molar-refractivity contribution in [3.05, 3.63) is 52.7 Å². The average molecular weight is 372 g/mol. The number of thiophene rings is 1. The molecule has 1 fully saturated rings. The minimum absolute atomic E-state index is 0.00875. The first-order valence-electron chi connectivity index (χ1n) is 9.07. The number of nitrogens with one attached hydrogen (secondary N) is 2. The van der Waals surface area contributed by atoms with E-state index in [2.05, 4.69) is 27.0 Å². The highest BCUT2D eigenvalue weighted by molar-refractivity contribution is 7.07. The van der Waals surface area contributed by atoms with E-state index in [-0.39, 0.29) is 17.9 Å². The Kier molecular flexibility index (Phi) is 6.80. The Labute approximate surface area is 158 Å². The van der Waals surface area contributed by atoms with Gasteiger partial charge in [-0.15, -0.1) is 0 Å². The molecule has 0 spiro atoms. The van der Waals surface area contributed by atoms with Crippen LogP contribution in [0.5, 0.6) is 0 Å². The van der Waals surface area contributed by atoms with Crippen molar-refractivity contribution >= 4 is 28.8 Å². The van der Waals surface area contributed by atoms with Gasteiger partial charge in [0.15, 0.2) is 0 Å². The molecule has 0 atom stereocenters. The van der Waals surface area contributed by atoms with Crippen molar-refractivity contribution in [3.8, 4) is 0 Å². The Morgan fingerprint density at radius 3 is 2.54 bits per heavy atom. The Balaban J connectivity index is 1.33. The highest BCUT2D eigenvalue weighted by Gasteiger charge is 2.22. The van der Waals surface area contributed by atoms with Crippen LogP contribution >= 0.6 is 11.3 Å². The highest BCUT2D eigenvalue weighted by atomic mass is 32.1. The van der Waals surface area contributed by atoms with Gasteiger partial charge in [-0.2, -0.15) is 11.3 Å². The van der Waals surface area contributed by atoms with Gasteiger partial charge in [-0.05, 0) is 53.8 Å². The predicted molar refractivity (Wildman–Crippen MR) is 105 cm³/mol. The number of likely N-dealkylation sites (tertiary alicyclic amines) is 1. The summed E-state index contributed by atoms with van der Waals surface area (Å²) in [5, 5.41) is 10.2. The second kappa shape index (κ2) is 9.50. The highest BCUT2D eigenvalue weighted by Crippen LogP contribution is 2.12. The Hall–Kier alpha value is -2.18. The van der Waals surface area contributed by atoms with Crippen LogP contribution in [0.3, 0.4) is 0 Å². The van der Waals surface area contributed by atoms with E-state index in [1.54, 1.807) is 11.3 Å². The molecular formula is C20H25N3O2S. The number of amides is 2. The van der Waals surface area contributed by atoms with E-state index in [0.717, 1.165) is 38.0 Å². The number of hydrogen-bond acceptors (Lipinski definition) is 4. The molecule has 2 aromatic rings. The number of piperidine rings is 1. The minimum atomic E-state index is 0.00875. The Morgan fingerprint density at radius 1 is 1.08 bits per heavy atom. The lowest BCUT2D eigenvalue weighted by Crippen LogP contribution is -2.46. The molecule has 0 radical (unpaired) electrons. The van der Waals surface area contributed by atoms with Gasteiger partial charge in [-0.1, -0.05) is 18.2 Å². The van der Waals surface area contributed by atoms with Crippen LogP contribution in [-0.2, 0) is 16.0 Å². The molecule has 5 nitrogen and oxygen atoms in total. The lowest BCUT2D eigenvalue weighted by atomic mass is 10.0. The number of benzene rings is 1. The van der Waals surface area contributed by atoms with E-state index in [1.807, 2.05) is 35.7 Å². The quantitative estimate of drug-likeness (QED) is 0.787. The zero-order valence-corrected chi connectivity index (χ0v) is 15.6. The number of hydrogen-bond donors (Lipinski definition) is 2. The third-order valence-corrected chi connectivity index (χ3v) is 5.33. The topological polar surface area (TPSA) is 61.4 Å². The monoisotopic (exact) mass is 371 g/mol. The first-order valence-corrected chi connectivity index (χ1v) is 10.0. The summed E-state index contributed by atoms with van der Waals surface area (Å²) < 4.78 is 0. The van der Waals surface area contributed by atoms with Gasteiger partial charge < -0.3 is 10.6 Å². The maximum absolute atomic E-state index is 12.1. The molecule has 2 amide bonds. The van der Waals surface area contributed by atoms with E-state index in [4.69, 9.17) is 0 Å². The van der Waals surface area contributed by atoms with Crippen LogP contribution in [0, 0.1) is 0 Å². The fourth-order valence-corrected chi connectivity index (χ4v) is 3.86. The van der Waals surface area contributed by atoms with Crippen molar-refractivity contribution in [2.75, 3.05) is 25.0 Å². The zero-order valence-electron chi connectivity index (χ0n) is 14.8. The molecule has 0 unspecified atom stereocenters. The number of anilines is 1. The SMILES string of the molecule is O=C(CN1CCC(NC(=O)CCc2ccsc2)CC1)Nc1ccccc1. The molecule has 0 bridgehead atoms. The number of nitrogens with zero attached hydrogens (tertiary/aromatic N) is 1. The zero-order chi connectivity index (χ0) is 18.2. The minimum Gasteiger partial charge on any atom is -0.353 e. The van der Waals surface area contributed by atoms with Gasteiger partial charge in [0.05, 0.1) is 6.54 Å². The molecule has 6 heteroatoms. The van der Waals surface area contributed by atoms with Crippen molar-refractivity contribution in [2.24, 2.45) is 0 Å². The largest absolute Gasteiger partial charge is 0.353 e. The number of carbonyl (C=O) groups excluding carboxylic acids is 2. The van der Waals surface area contributed by atoms with Crippen molar-refractivity contribution < 1.29 is 9.59 Å². The molecular weight excluding hydrogens is 346 g/mol. The van der Waals surface area contributed by atoms with Crippen molar-refractivity contribution in [3.63, 3.8) is 0 Å². The molecule has 1 saturated heterocycles. The molecule has 2 heterocycles. The average Bonchev–Trinajstić information content (AvgIpc) is 3.16. The molecule has 1 aliphatic heterocycles. The van der Waals surface area contributed by atoms with Crippen LogP contribution in [0.15, 0.2) is 47.2 Å². The van der Waals surface area contributed by atoms with Crippen LogP contribution in [0.4, 0.5) is 5.69 Å². The van der Waals surface area contributed by atoms with Gasteiger partial charge in [0.2, 0.25) is 11.8 Å².